The summed E-state index contributed by atoms with van der Waals surface area (Å²) in [4.78, 5) is 11.9. The molecule has 1 amide bonds. The van der Waals surface area contributed by atoms with Crippen molar-refractivity contribution in [1.29, 1.82) is 0 Å². The van der Waals surface area contributed by atoms with Gasteiger partial charge in [0.25, 0.3) is 5.91 Å². The van der Waals surface area contributed by atoms with E-state index in [1.165, 1.54) is 19.2 Å². The summed E-state index contributed by atoms with van der Waals surface area (Å²) in [6.07, 6.45) is 0. The molecule has 0 fully saturated rings. The van der Waals surface area contributed by atoms with Gasteiger partial charge in [-0.25, -0.2) is 4.39 Å². The topological polar surface area (TPSA) is 47.6 Å². The zero-order valence-corrected chi connectivity index (χ0v) is 12.6. The summed E-state index contributed by atoms with van der Waals surface area (Å²) >= 11 is 0. The Bertz CT molecular complexity index is 658. The molecule has 0 radical (unpaired) electrons. The van der Waals surface area contributed by atoms with Crippen molar-refractivity contribution >= 4 is 5.91 Å². The molecular formula is C17H18FNO3. The molecule has 2 aromatic rings. The van der Waals surface area contributed by atoms with Crippen LogP contribution in [0, 0.1) is 12.7 Å². The second-order valence-corrected chi connectivity index (χ2v) is 4.77. The molecular weight excluding hydrogens is 285 g/mol. The van der Waals surface area contributed by atoms with E-state index < -0.39 is 5.82 Å². The molecule has 116 valence electrons. The summed E-state index contributed by atoms with van der Waals surface area (Å²) in [7, 11) is 1.38. The van der Waals surface area contributed by atoms with Gasteiger partial charge in [0, 0.05) is 5.56 Å². The van der Waals surface area contributed by atoms with Crippen LogP contribution in [0.25, 0.3) is 0 Å². The zero-order chi connectivity index (χ0) is 15.9. The lowest BCUT2D eigenvalue weighted by Gasteiger charge is -2.09. The van der Waals surface area contributed by atoms with Gasteiger partial charge < -0.3 is 14.8 Å². The highest BCUT2D eigenvalue weighted by Gasteiger charge is 2.09. The van der Waals surface area contributed by atoms with Crippen molar-refractivity contribution in [2.24, 2.45) is 0 Å². The lowest BCUT2D eigenvalue weighted by atomic mass is 10.2. The number of carbonyl (C=O) groups excluding carboxylic acids is 1. The van der Waals surface area contributed by atoms with E-state index in [1.807, 2.05) is 31.2 Å². The third-order valence-electron chi connectivity index (χ3n) is 3.06. The van der Waals surface area contributed by atoms with E-state index in [0.29, 0.717) is 13.2 Å². The summed E-state index contributed by atoms with van der Waals surface area (Å²) in [5, 5.41) is 2.68. The average molecular weight is 303 g/mol. The van der Waals surface area contributed by atoms with Gasteiger partial charge in [-0.15, -0.1) is 0 Å². The molecule has 0 atom stereocenters. The maximum Gasteiger partial charge on any atom is 0.251 e. The van der Waals surface area contributed by atoms with Gasteiger partial charge in [-0.05, 0) is 42.8 Å². The predicted octanol–water partition coefficient (Wildman–Crippen LogP) is 2.95. The van der Waals surface area contributed by atoms with Crippen molar-refractivity contribution in [3.63, 3.8) is 0 Å². The van der Waals surface area contributed by atoms with Gasteiger partial charge in [0.15, 0.2) is 11.6 Å². The van der Waals surface area contributed by atoms with E-state index in [1.54, 1.807) is 0 Å². The van der Waals surface area contributed by atoms with Crippen molar-refractivity contribution < 1.29 is 18.7 Å². The van der Waals surface area contributed by atoms with Crippen molar-refractivity contribution in [1.82, 2.24) is 5.32 Å². The summed E-state index contributed by atoms with van der Waals surface area (Å²) in [5.74, 6) is -0.0513. The maximum atomic E-state index is 13.5. The molecule has 1 N–H and O–H groups in total. The number of halogens is 1. The van der Waals surface area contributed by atoms with Crippen LogP contribution in [-0.2, 0) is 0 Å². The monoisotopic (exact) mass is 303 g/mol. The molecule has 2 aromatic carbocycles. The summed E-state index contributed by atoms with van der Waals surface area (Å²) in [6, 6.07) is 11.7. The fourth-order valence-electron chi connectivity index (χ4n) is 1.95. The first-order chi connectivity index (χ1) is 10.6. The average Bonchev–Trinajstić information content (AvgIpc) is 2.51. The van der Waals surface area contributed by atoms with Crippen LogP contribution in [-0.4, -0.2) is 26.2 Å². The Morgan fingerprint density at radius 1 is 1.23 bits per heavy atom. The number of amides is 1. The number of hydrogen-bond donors (Lipinski definition) is 1. The van der Waals surface area contributed by atoms with Gasteiger partial charge >= 0.3 is 0 Å². The Morgan fingerprint density at radius 3 is 2.73 bits per heavy atom. The van der Waals surface area contributed by atoms with Gasteiger partial charge in [-0.2, -0.15) is 0 Å². The van der Waals surface area contributed by atoms with E-state index in [0.717, 1.165) is 17.4 Å². The van der Waals surface area contributed by atoms with Crippen LogP contribution in [0.3, 0.4) is 0 Å². The molecule has 5 heteroatoms. The molecule has 0 saturated heterocycles. The molecule has 0 unspecified atom stereocenters. The molecule has 4 nitrogen and oxygen atoms in total. The largest absolute Gasteiger partial charge is 0.494 e. The first kappa shape index (κ1) is 15.8. The molecule has 0 heterocycles. The molecule has 0 aliphatic rings. The molecule has 0 aromatic heterocycles. The number of carbonyl (C=O) groups is 1. The first-order valence-electron chi connectivity index (χ1n) is 6.91. The van der Waals surface area contributed by atoms with Gasteiger partial charge in [0.1, 0.15) is 12.4 Å². The van der Waals surface area contributed by atoms with E-state index in [2.05, 4.69) is 5.32 Å². The van der Waals surface area contributed by atoms with Crippen LogP contribution in [0.1, 0.15) is 15.9 Å². The Morgan fingerprint density at radius 2 is 2.05 bits per heavy atom. The first-order valence-corrected chi connectivity index (χ1v) is 6.91. The second kappa shape index (κ2) is 7.45. The predicted molar refractivity (Wildman–Crippen MR) is 82.0 cm³/mol. The highest BCUT2D eigenvalue weighted by molar-refractivity contribution is 5.94. The van der Waals surface area contributed by atoms with Crippen LogP contribution >= 0.6 is 0 Å². The number of aryl methyl sites for hydroxylation is 1. The molecule has 2 rings (SSSR count). The summed E-state index contributed by atoms with van der Waals surface area (Å²) in [6.45, 7) is 2.65. The maximum absolute atomic E-state index is 13.5. The highest BCUT2D eigenvalue weighted by atomic mass is 19.1. The van der Waals surface area contributed by atoms with Gasteiger partial charge in [0.05, 0.1) is 13.7 Å². The minimum Gasteiger partial charge on any atom is -0.494 e. The van der Waals surface area contributed by atoms with Gasteiger partial charge in [-0.3, -0.25) is 4.79 Å². The summed E-state index contributed by atoms with van der Waals surface area (Å²) in [5.41, 5.74) is 1.35. The van der Waals surface area contributed by atoms with E-state index in [9.17, 15) is 9.18 Å². The number of benzene rings is 2. The van der Waals surface area contributed by atoms with Crippen molar-refractivity contribution in [3.05, 3.63) is 59.4 Å². The van der Waals surface area contributed by atoms with E-state index >= 15 is 0 Å². The Kier molecular flexibility index (Phi) is 5.36. The van der Waals surface area contributed by atoms with Gasteiger partial charge in [-0.1, -0.05) is 12.1 Å². The molecule has 0 aliphatic carbocycles. The quantitative estimate of drug-likeness (QED) is 0.835. The van der Waals surface area contributed by atoms with E-state index in [-0.39, 0.29) is 17.2 Å². The third-order valence-corrected chi connectivity index (χ3v) is 3.06. The summed E-state index contributed by atoms with van der Waals surface area (Å²) < 4.78 is 23.9. The highest BCUT2D eigenvalue weighted by Crippen LogP contribution is 2.17. The minimum absolute atomic E-state index is 0.110. The van der Waals surface area contributed by atoms with Crippen LogP contribution in [0.4, 0.5) is 4.39 Å². The molecule has 22 heavy (non-hydrogen) atoms. The SMILES string of the molecule is COc1ccc(C(=O)NCCOc2cccc(C)c2)cc1F. The van der Waals surface area contributed by atoms with Crippen molar-refractivity contribution in [2.75, 3.05) is 20.3 Å². The second-order valence-electron chi connectivity index (χ2n) is 4.77. The van der Waals surface area contributed by atoms with Crippen LogP contribution < -0.4 is 14.8 Å². The lowest BCUT2D eigenvalue weighted by molar-refractivity contribution is 0.0946. The number of methoxy groups -OCH3 is 1. The molecule has 0 spiro atoms. The standard InChI is InChI=1S/C17H18FNO3/c1-12-4-3-5-14(10-12)22-9-8-19-17(20)13-6-7-16(21-2)15(18)11-13/h3-7,10-11H,8-9H2,1-2H3,(H,19,20). The number of hydrogen-bond acceptors (Lipinski definition) is 3. The molecule has 0 bridgehead atoms. The van der Waals surface area contributed by atoms with Crippen molar-refractivity contribution in [3.8, 4) is 11.5 Å². The molecule has 0 aliphatic heterocycles. The zero-order valence-electron chi connectivity index (χ0n) is 12.6. The van der Waals surface area contributed by atoms with Gasteiger partial charge in [0.2, 0.25) is 0 Å². The third kappa shape index (κ3) is 4.22. The Balaban J connectivity index is 1.81. The minimum atomic E-state index is -0.564. The lowest BCUT2D eigenvalue weighted by Crippen LogP contribution is -2.28. The number of nitrogens with one attached hydrogen (secondary N) is 1. The van der Waals surface area contributed by atoms with Crippen LogP contribution in [0.2, 0.25) is 0 Å². The van der Waals surface area contributed by atoms with Crippen LogP contribution in [0.15, 0.2) is 42.5 Å². The Hall–Kier alpha value is -2.56. The fraction of sp³-hybridized carbons (Fsp3) is 0.235. The number of rotatable bonds is 6. The smallest absolute Gasteiger partial charge is 0.251 e. The fourth-order valence-corrected chi connectivity index (χ4v) is 1.95. The van der Waals surface area contributed by atoms with Crippen LogP contribution in [0.5, 0.6) is 11.5 Å². The molecule has 0 saturated carbocycles. The van der Waals surface area contributed by atoms with E-state index in [4.69, 9.17) is 9.47 Å². The normalized spacial score (nSPS) is 10.1. The Labute approximate surface area is 128 Å². The van der Waals surface area contributed by atoms with Crippen molar-refractivity contribution in [2.45, 2.75) is 6.92 Å². The number of ether oxygens (including phenoxy) is 2.